The average Bonchev–Trinajstić information content (AvgIpc) is 2.74. The molecule has 0 unspecified atom stereocenters. The summed E-state index contributed by atoms with van der Waals surface area (Å²) >= 11 is 8.10. The van der Waals surface area contributed by atoms with E-state index in [2.05, 4.69) is 38.1 Å². The van der Waals surface area contributed by atoms with E-state index < -0.39 is 5.91 Å². The number of methoxy groups -OCH3 is 1. The number of hydrazone groups is 1. The van der Waals surface area contributed by atoms with Crippen LogP contribution in [0.2, 0.25) is 5.15 Å². The summed E-state index contributed by atoms with van der Waals surface area (Å²) in [5.41, 5.74) is 5.71. The number of aryl methyl sites for hydroxylation is 1. The lowest BCUT2D eigenvalue weighted by Crippen LogP contribution is -2.18. The largest absolute Gasteiger partial charge is 0.493 e. The molecule has 3 rings (SSSR count). The lowest BCUT2D eigenvalue weighted by molar-refractivity contribution is 0.0955. The van der Waals surface area contributed by atoms with Gasteiger partial charge in [0.25, 0.3) is 5.91 Å². The van der Waals surface area contributed by atoms with Crippen LogP contribution in [0.5, 0.6) is 11.5 Å². The zero-order chi connectivity index (χ0) is 21.5. The van der Waals surface area contributed by atoms with Crippen molar-refractivity contribution in [1.82, 2.24) is 10.4 Å². The zero-order valence-corrected chi connectivity index (χ0v) is 19.3. The van der Waals surface area contributed by atoms with Crippen LogP contribution < -0.4 is 14.9 Å². The summed E-state index contributed by atoms with van der Waals surface area (Å²) in [5.74, 6) is 0.795. The van der Waals surface area contributed by atoms with Crippen LogP contribution >= 0.6 is 34.2 Å². The second-order valence-corrected chi connectivity index (χ2v) is 7.87. The first-order valence-electron chi connectivity index (χ1n) is 8.97. The number of nitrogens with zero attached hydrogens (tertiary/aromatic N) is 2. The number of carbonyl (C=O) groups excluding carboxylic acids is 1. The first-order valence-corrected chi connectivity index (χ1v) is 10.4. The van der Waals surface area contributed by atoms with Gasteiger partial charge in [0.05, 0.1) is 22.5 Å². The maximum atomic E-state index is 12.1. The molecule has 0 aliphatic rings. The normalized spacial score (nSPS) is 10.8. The van der Waals surface area contributed by atoms with Crippen LogP contribution in [0.4, 0.5) is 0 Å². The van der Waals surface area contributed by atoms with Crippen LogP contribution in [0.3, 0.4) is 0 Å². The summed E-state index contributed by atoms with van der Waals surface area (Å²) in [7, 11) is 1.58. The summed E-state index contributed by atoms with van der Waals surface area (Å²) < 4.78 is 12.3. The Morgan fingerprint density at radius 2 is 2.03 bits per heavy atom. The van der Waals surface area contributed by atoms with Crippen molar-refractivity contribution < 1.29 is 14.3 Å². The molecular formula is C22H19ClIN3O3. The number of aromatic nitrogens is 1. The second kappa shape index (κ2) is 10.4. The third-order valence-electron chi connectivity index (χ3n) is 4.14. The Bertz CT molecular complexity index is 1070. The highest BCUT2D eigenvalue weighted by atomic mass is 127. The Balaban J connectivity index is 1.70. The maximum Gasteiger partial charge on any atom is 0.274 e. The molecule has 0 spiro atoms. The molecule has 3 aromatic rings. The topological polar surface area (TPSA) is 72.8 Å². The van der Waals surface area contributed by atoms with Crippen molar-refractivity contribution >= 4 is 46.3 Å². The van der Waals surface area contributed by atoms with Gasteiger partial charge in [0.15, 0.2) is 11.5 Å². The number of hydrogen-bond acceptors (Lipinski definition) is 5. The number of ether oxygens (including phenoxy) is 2. The minimum absolute atomic E-state index is 0.122. The highest BCUT2D eigenvalue weighted by molar-refractivity contribution is 14.1. The van der Waals surface area contributed by atoms with E-state index in [4.69, 9.17) is 21.1 Å². The van der Waals surface area contributed by atoms with E-state index in [0.717, 1.165) is 14.7 Å². The van der Waals surface area contributed by atoms with Gasteiger partial charge in [-0.1, -0.05) is 41.4 Å². The van der Waals surface area contributed by atoms with Crippen LogP contribution in [-0.4, -0.2) is 24.2 Å². The third kappa shape index (κ3) is 5.70. The molecule has 0 radical (unpaired) electrons. The fraction of sp³-hybridized carbons (Fsp3) is 0.136. The summed E-state index contributed by atoms with van der Waals surface area (Å²) in [5, 5.41) is 4.12. The first-order chi connectivity index (χ1) is 14.5. The molecule has 0 atom stereocenters. The third-order valence-corrected chi connectivity index (χ3v) is 5.24. The van der Waals surface area contributed by atoms with Gasteiger partial charge in [0.1, 0.15) is 11.8 Å². The molecule has 30 heavy (non-hydrogen) atoms. The van der Waals surface area contributed by atoms with Gasteiger partial charge in [-0.2, -0.15) is 5.10 Å². The van der Waals surface area contributed by atoms with Crippen LogP contribution in [-0.2, 0) is 6.61 Å². The van der Waals surface area contributed by atoms with E-state index in [0.29, 0.717) is 18.1 Å². The van der Waals surface area contributed by atoms with Crippen LogP contribution in [0.15, 0.2) is 59.8 Å². The smallest absolute Gasteiger partial charge is 0.274 e. The number of rotatable bonds is 7. The summed E-state index contributed by atoms with van der Waals surface area (Å²) in [6.45, 7) is 2.48. The van der Waals surface area contributed by atoms with E-state index in [1.54, 1.807) is 25.3 Å². The zero-order valence-electron chi connectivity index (χ0n) is 16.4. The maximum absolute atomic E-state index is 12.1. The first kappa shape index (κ1) is 22.0. The van der Waals surface area contributed by atoms with Crippen molar-refractivity contribution in [2.45, 2.75) is 13.5 Å². The molecular weight excluding hydrogens is 517 g/mol. The van der Waals surface area contributed by atoms with Crippen LogP contribution in [0.25, 0.3) is 0 Å². The Labute approximate surface area is 193 Å². The standard InChI is InChI=1S/C22H19ClIN3O3/c1-14-5-7-15(8-6-14)13-30-20-18(24)10-16(11-19(20)29-2)12-26-27-22(28)17-4-3-9-25-21(17)23/h3-12H,13H2,1-2H3,(H,27,28). The minimum atomic E-state index is -0.441. The van der Waals surface area contributed by atoms with E-state index in [9.17, 15) is 4.79 Å². The summed E-state index contributed by atoms with van der Waals surface area (Å²) in [6.07, 6.45) is 3.04. The van der Waals surface area contributed by atoms with Gasteiger partial charge in [-0.3, -0.25) is 4.79 Å². The van der Waals surface area contributed by atoms with E-state index in [1.165, 1.54) is 18.0 Å². The Kier molecular flexibility index (Phi) is 7.64. The van der Waals surface area contributed by atoms with Gasteiger partial charge in [-0.15, -0.1) is 0 Å². The molecule has 1 aromatic heterocycles. The molecule has 0 aliphatic carbocycles. The Hall–Kier alpha value is -2.65. The molecule has 1 heterocycles. The molecule has 0 aliphatic heterocycles. The predicted molar refractivity (Wildman–Crippen MR) is 126 cm³/mol. The quantitative estimate of drug-likeness (QED) is 0.200. The Morgan fingerprint density at radius 1 is 1.27 bits per heavy atom. The van der Waals surface area contributed by atoms with Crippen molar-refractivity contribution in [1.29, 1.82) is 0 Å². The monoisotopic (exact) mass is 535 g/mol. The molecule has 154 valence electrons. The average molecular weight is 536 g/mol. The molecule has 0 fully saturated rings. The predicted octanol–water partition coefficient (Wildman–Crippen LogP) is 5.00. The van der Waals surface area contributed by atoms with Gasteiger partial charge in [-0.25, -0.2) is 10.4 Å². The van der Waals surface area contributed by atoms with E-state index in [1.807, 2.05) is 37.3 Å². The number of halogens is 2. The molecule has 0 saturated heterocycles. The number of hydrogen-bond donors (Lipinski definition) is 1. The highest BCUT2D eigenvalue weighted by Crippen LogP contribution is 2.34. The number of benzene rings is 2. The fourth-order valence-corrected chi connectivity index (χ4v) is 3.56. The van der Waals surface area contributed by atoms with Crippen LogP contribution in [0.1, 0.15) is 27.0 Å². The number of carbonyl (C=O) groups is 1. The van der Waals surface area contributed by atoms with Gasteiger partial charge in [-0.05, 0) is 64.9 Å². The number of pyridine rings is 1. The lowest BCUT2D eigenvalue weighted by atomic mass is 10.2. The van der Waals surface area contributed by atoms with Crippen molar-refractivity contribution in [3.63, 3.8) is 0 Å². The summed E-state index contributed by atoms with van der Waals surface area (Å²) in [6, 6.07) is 15.1. The molecule has 0 saturated carbocycles. The van der Waals surface area contributed by atoms with Gasteiger partial charge in [0, 0.05) is 6.20 Å². The minimum Gasteiger partial charge on any atom is -0.493 e. The fourth-order valence-electron chi connectivity index (χ4n) is 2.58. The second-order valence-electron chi connectivity index (χ2n) is 6.35. The molecule has 0 bridgehead atoms. The number of nitrogens with one attached hydrogen (secondary N) is 1. The van der Waals surface area contributed by atoms with Crippen molar-refractivity contribution in [2.24, 2.45) is 5.10 Å². The van der Waals surface area contributed by atoms with E-state index >= 15 is 0 Å². The van der Waals surface area contributed by atoms with Crippen LogP contribution in [0, 0.1) is 10.5 Å². The van der Waals surface area contributed by atoms with Crippen molar-refractivity contribution in [3.05, 3.63) is 85.7 Å². The Morgan fingerprint density at radius 3 is 2.73 bits per heavy atom. The SMILES string of the molecule is COc1cc(C=NNC(=O)c2cccnc2Cl)cc(I)c1OCc1ccc(C)cc1. The van der Waals surface area contributed by atoms with Gasteiger partial charge in [0.2, 0.25) is 0 Å². The summed E-state index contributed by atoms with van der Waals surface area (Å²) in [4.78, 5) is 16.0. The number of amides is 1. The van der Waals surface area contributed by atoms with Gasteiger partial charge < -0.3 is 9.47 Å². The molecule has 8 heteroatoms. The van der Waals surface area contributed by atoms with E-state index in [-0.39, 0.29) is 10.7 Å². The molecule has 1 amide bonds. The molecule has 6 nitrogen and oxygen atoms in total. The molecule has 1 N–H and O–H groups in total. The van der Waals surface area contributed by atoms with Crippen molar-refractivity contribution in [2.75, 3.05) is 7.11 Å². The van der Waals surface area contributed by atoms with Gasteiger partial charge >= 0.3 is 0 Å². The highest BCUT2D eigenvalue weighted by Gasteiger charge is 2.12. The van der Waals surface area contributed by atoms with Crippen molar-refractivity contribution in [3.8, 4) is 11.5 Å². The molecule has 2 aromatic carbocycles. The lowest BCUT2D eigenvalue weighted by Gasteiger charge is -2.13.